The van der Waals surface area contributed by atoms with Crippen LogP contribution in [0.1, 0.15) is 59.8 Å². The highest BCUT2D eigenvalue weighted by molar-refractivity contribution is 5.23. The van der Waals surface area contributed by atoms with Gasteiger partial charge in [-0.25, -0.2) is 0 Å². The van der Waals surface area contributed by atoms with Crippen molar-refractivity contribution in [2.24, 2.45) is 5.92 Å². The highest BCUT2D eigenvalue weighted by Crippen LogP contribution is 2.17. The summed E-state index contributed by atoms with van der Waals surface area (Å²) < 4.78 is 0. The maximum atomic E-state index is 2.36. The Morgan fingerprint density at radius 2 is 1.94 bits per heavy atom. The molecular formula is C16H28. The molecule has 0 radical (unpaired) electrons. The van der Waals surface area contributed by atoms with Crippen molar-refractivity contribution in [3.8, 4) is 0 Å². The summed E-state index contributed by atoms with van der Waals surface area (Å²) in [5.41, 5.74) is 1.45. The number of allylic oxidation sites excluding steroid dienone is 6. The van der Waals surface area contributed by atoms with E-state index in [1.807, 2.05) is 0 Å². The van der Waals surface area contributed by atoms with Crippen LogP contribution >= 0.6 is 0 Å². The van der Waals surface area contributed by atoms with Gasteiger partial charge in [-0.05, 0) is 37.7 Å². The Morgan fingerprint density at radius 1 is 1.19 bits per heavy atom. The predicted molar refractivity (Wildman–Crippen MR) is 75.6 cm³/mol. The minimum atomic E-state index is 0.855. The lowest BCUT2D eigenvalue weighted by atomic mass is 9.97. The largest absolute Gasteiger partial charge is 0.0874 e. The molecule has 0 aliphatic heterocycles. The molecule has 0 aromatic carbocycles. The second-order valence-electron chi connectivity index (χ2n) is 4.51. The Balaban J connectivity index is 4.13. The van der Waals surface area contributed by atoms with E-state index in [4.69, 9.17) is 0 Å². The van der Waals surface area contributed by atoms with E-state index < -0.39 is 0 Å². The van der Waals surface area contributed by atoms with Gasteiger partial charge in [0.2, 0.25) is 0 Å². The van der Waals surface area contributed by atoms with Crippen LogP contribution in [0.5, 0.6) is 0 Å². The first-order valence-corrected chi connectivity index (χ1v) is 6.72. The standard InChI is InChI=1S/C16H28/c1-5-8-9-12-16(11-7-3)14-13-15(4)10-6-2/h7-9,11-12,15H,5-6,10,13-14H2,1-4H3/b9-8+,11-7-,16-12+. The summed E-state index contributed by atoms with van der Waals surface area (Å²) in [6.45, 7) is 8.89. The summed E-state index contributed by atoms with van der Waals surface area (Å²) in [5.74, 6) is 0.855. The fourth-order valence-electron chi connectivity index (χ4n) is 1.81. The summed E-state index contributed by atoms with van der Waals surface area (Å²) in [6, 6.07) is 0. The normalized spacial score (nSPS) is 15.1. The van der Waals surface area contributed by atoms with E-state index in [9.17, 15) is 0 Å². The Labute approximate surface area is 102 Å². The van der Waals surface area contributed by atoms with E-state index in [-0.39, 0.29) is 0 Å². The van der Waals surface area contributed by atoms with Crippen molar-refractivity contribution < 1.29 is 0 Å². The fourth-order valence-corrected chi connectivity index (χ4v) is 1.81. The van der Waals surface area contributed by atoms with Gasteiger partial charge in [-0.1, -0.05) is 64.0 Å². The van der Waals surface area contributed by atoms with Gasteiger partial charge in [0.15, 0.2) is 0 Å². The quantitative estimate of drug-likeness (QED) is 0.462. The Hall–Kier alpha value is -0.780. The van der Waals surface area contributed by atoms with Crippen LogP contribution in [0.4, 0.5) is 0 Å². The van der Waals surface area contributed by atoms with Gasteiger partial charge >= 0.3 is 0 Å². The smallest absolute Gasteiger partial charge is 0.0276 e. The SMILES string of the molecule is C\C=C/C(=C\C=C\CC)CCC(C)CCC. The van der Waals surface area contributed by atoms with Crippen LogP contribution in [0.25, 0.3) is 0 Å². The maximum Gasteiger partial charge on any atom is -0.0276 e. The van der Waals surface area contributed by atoms with Gasteiger partial charge in [0.1, 0.15) is 0 Å². The zero-order valence-corrected chi connectivity index (χ0v) is 11.5. The summed E-state index contributed by atoms with van der Waals surface area (Å²) in [7, 11) is 0. The van der Waals surface area contributed by atoms with Crippen LogP contribution in [0.15, 0.2) is 36.0 Å². The second kappa shape index (κ2) is 10.7. The van der Waals surface area contributed by atoms with E-state index in [0.29, 0.717) is 0 Å². The van der Waals surface area contributed by atoms with Crippen molar-refractivity contribution in [1.82, 2.24) is 0 Å². The van der Waals surface area contributed by atoms with Crippen molar-refractivity contribution >= 4 is 0 Å². The summed E-state index contributed by atoms with van der Waals surface area (Å²) in [4.78, 5) is 0. The van der Waals surface area contributed by atoms with Crippen molar-refractivity contribution in [3.05, 3.63) is 36.0 Å². The van der Waals surface area contributed by atoms with Crippen LogP contribution in [-0.2, 0) is 0 Å². The molecule has 0 nitrogen and oxygen atoms in total. The van der Waals surface area contributed by atoms with Crippen LogP contribution < -0.4 is 0 Å². The number of rotatable bonds is 8. The van der Waals surface area contributed by atoms with Gasteiger partial charge < -0.3 is 0 Å². The molecule has 0 bridgehead atoms. The van der Waals surface area contributed by atoms with Crippen molar-refractivity contribution in [2.45, 2.75) is 59.8 Å². The monoisotopic (exact) mass is 220 g/mol. The molecule has 0 amide bonds. The molecule has 0 rings (SSSR count). The zero-order chi connectivity index (χ0) is 12.2. The minimum Gasteiger partial charge on any atom is -0.0874 e. The number of hydrogen-bond donors (Lipinski definition) is 0. The molecule has 0 saturated heterocycles. The molecule has 0 aromatic rings. The maximum absolute atomic E-state index is 2.36. The third-order valence-corrected chi connectivity index (χ3v) is 2.77. The van der Waals surface area contributed by atoms with Gasteiger partial charge in [-0.3, -0.25) is 0 Å². The van der Waals surface area contributed by atoms with Gasteiger partial charge in [0, 0.05) is 0 Å². The lowest BCUT2D eigenvalue weighted by Crippen LogP contribution is -1.94. The fraction of sp³-hybridized carbons (Fsp3) is 0.625. The lowest BCUT2D eigenvalue weighted by molar-refractivity contribution is 0.487. The molecule has 0 aliphatic rings. The zero-order valence-electron chi connectivity index (χ0n) is 11.5. The molecule has 0 heteroatoms. The van der Waals surface area contributed by atoms with E-state index in [2.05, 4.69) is 58.1 Å². The molecule has 0 N–H and O–H groups in total. The van der Waals surface area contributed by atoms with Crippen LogP contribution in [0.2, 0.25) is 0 Å². The third kappa shape index (κ3) is 8.52. The summed E-state index contributed by atoms with van der Waals surface area (Å²) >= 11 is 0. The first-order valence-electron chi connectivity index (χ1n) is 6.72. The molecular weight excluding hydrogens is 192 g/mol. The first kappa shape index (κ1) is 15.2. The molecule has 0 fully saturated rings. The van der Waals surface area contributed by atoms with Crippen molar-refractivity contribution in [1.29, 1.82) is 0 Å². The van der Waals surface area contributed by atoms with Crippen LogP contribution in [-0.4, -0.2) is 0 Å². The molecule has 1 unspecified atom stereocenters. The molecule has 1 atom stereocenters. The molecule has 92 valence electrons. The molecule has 0 saturated carbocycles. The van der Waals surface area contributed by atoms with Crippen LogP contribution in [0.3, 0.4) is 0 Å². The Bertz CT molecular complexity index is 230. The Kier molecular flexibility index (Phi) is 10.2. The lowest BCUT2D eigenvalue weighted by Gasteiger charge is -2.09. The topological polar surface area (TPSA) is 0 Å². The predicted octanol–water partition coefficient (Wildman–Crippen LogP) is 5.67. The summed E-state index contributed by atoms with van der Waals surface area (Å²) in [5, 5.41) is 0. The Morgan fingerprint density at radius 3 is 2.50 bits per heavy atom. The van der Waals surface area contributed by atoms with Crippen molar-refractivity contribution in [3.63, 3.8) is 0 Å². The highest BCUT2D eigenvalue weighted by atomic mass is 14.1. The highest BCUT2D eigenvalue weighted by Gasteiger charge is 2.01. The minimum absolute atomic E-state index is 0.855. The average Bonchev–Trinajstić information content (AvgIpc) is 2.26. The van der Waals surface area contributed by atoms with Gasteiger partial charge in [-0.2, -0.15) is 0 Å². The second-order valence-corrected chi connectivity index (χ2v) is 4.51. The molecule has 0 heterocycles. The average molecular weight is 220 g/mol. The molecule has 0 aromatic heterocycles. The molecule has 16 heavy (non-hydrogen) atoms. The number of hydrogen-bond acceptors (Lipinski definition) is 0. The van der Waals surface area contributed by atoms with Gasteiger partial charge in [0.05, 0.1) is 0 Å². The third-order valence-electron chi connectivity index (χ3n) is 2.77. The summed E-state index contributed by atoms with van der Waals surface area (Å²) in [6.07, 6.45) is 17.3. The molecule has 0 aliphatic carbocycles. The van der Waals surface area contributed by atoms with E-state index in [1.54, 1.807) is 0 Å². The van der Waals surface area contributed by atoms with Crippen LogP contribution in [0, 0.1) is 5.92 Å². The van der Waals surface area contributed by atoms with Gasteiger partial charge in [-0.15, -0.1) is 0 Å². The van der Waals surface area contributed by atoms with Gasteiger partial charge in [0.25, 0.3) is 0 Å². The first-order chi connectivity index (χ1) is 7.74. The molecule has 0 spiro atoms. The van der Waals surface area contributed by atoms with E-state index in [1.165, 1.54) is 31.3 Å². The van der Waals surface area contributed by atoms with E-state index >= 15 is 0 Å². The van der Waals surface area contributed by atoms with E-state index in [0.717, 1.165) is 12.3 Å². The van der Waals surface area contributed by atoms with Crippen molar-refractivity contribution in [2.75, 3.05) is 0 Å².